The Bertz CT molecular complexity index is 390. The van der Waals surface area contributed by atoms with Crippen molar-refractivity contribution in [2.75, 3.05) is 7.11 Å². The fraction of sp³-hybridized carbons (Fsp3) is 0.417. The minimum absolute atomic E-state index is 0.0540. The monoisotopic (exact) mass is 224 g/mol. The number of carbonyl (C=O) groups is 1. The molecule has 1 aromatic carbocycles. The molecule has 0 atom stereocenters. The van der Waals surface area contributed by atoms with E-state index >= 15 is 0 Å². The summed E-state index contributed by atoms with van der Waals surface area (Å²) in [6.07, 6.45) is 0. The van der Waals surface area contributed by atoms with Crippen LogP contribution in [0.3, 0.4) is 0 Å². The van der Waals surface area contributed by atoms with Crippen LogP contribution in [-0.4, -0.2) is 18.2 Å². The van der Waals surface area contributed by atoms with Gasteiger partial charge < -0.3 is 14.6 Å². The number of ether oxygens (including phenoxy) is 2. The number of esters is 1. The van der Waals surface area contributed by atoms with Crippen LogP contribution in [0.15, 0.2) is 18.2 Å². The van der Waals surface area contributed by atoms with Crippen LogP contribution in [0, 0.1) is 5.41 Å². The summed E-state index contributed by atoms with van der Waals surface area (Å²) in [5.41, 5.74) is -0.601. The lowest BCUT2D eigenvalue weighted by atomic mass is 9.97. The van der Waals surface area contributed by atoms with E-state index in [0.29, 0.717) is 0 Å². The molecule has 0 unspecified atom stereocenters. The van der Waals surface area contributed by atoms with E-state index in [0.717, 1.165) is 0 Å². The third kappa shape index (κ3) is 2.66. The molecule has 0 aliphatic heterocycles. The number of hydrogen-bond acceptors (Lipinski definition) is 4. The summed E-state index contributed by atoms with van der Waals surface area (Å²) in [6.45, 7) is 5.26. The van der Waals surface area contributed by atoms with Gasteiger partial charge in [0.05, 0.1) is 12.5 Å². The van der Waals surface area contributed by atoms with Crippen LogP contribution in [-0.2, 0) is 4.79 Å². The van der Waals surface area contributed by atoms with E-state index in [2.05, 4.69) is 0 Å². The van der Waals surface area contributed by atoms with Gasteiger partial charge in [-0.3, -0.25) is 4.79 Å². The molecular formula is C12H16O4. The molecule has 0 aliphatic rings. The molecule has 0 heterocycles. The van der Waals surface area contributed by atoms with Crippen molar-refractivity contribution in [1.82, 2.24) is 0 Å². The lowest BCUT2D eigenvalue weighted by Gasteiger charge is -2.17. The number of para-hydroxylation sites is 1. The molecule has 88 valence electrons. The van der Waals surface area contributed by atoms with Crippen molar-refractivity contribution in [3.63, 3.8) is 0 Å². The first-order chi connectivity index (χ1) is 7.36. The predicted molar refractivity (Wildman–Crippen MR) is 59.7 cm³/mol. The van der Waals surface area contributed by atoms with Crippen LogP contribution in [0.25, 0.3) is 0 Å². The summed E-state index contributed by atoms with van der Waals surface area (Å²) in [6, 6.07) is 4.62. The standard InChI is InChI=1S/C12H16O4/c1-12(2,3)11(14)16-9-7-5-6-8(13)10(9)15-4/h5-7,13H,1-4H3. The van der Waals surface area contributed by atoms with Gasteiger partial charge in [-0.2, -0.15) is 0 Å². The van der Waals surface area contributed by atoms with Gasteiger partial charge in [0.2, 0.25) is 5.75 Å². The summed E-state index contributed by atoms with van der Waals surface area (Å²) in [7, 11) is 1.41. The van der Waals surface area contributed by atoms with Gasteiger partial charge in [-0.25, -0.2) is 0 Å². The average molecular weight is 224 g/mol. The number of rotatable bonds is 2. The molecule has 16 heavy (non-hydrogen) atoms. The molecule has 1 rings (SSSR count). The molecule has 0 aliphatic carbocycles. The highest BCUT2D eigenvalue weighted by Gasteiger charge is 2.25. The normalized spacial score (nSPS) is 11.0. The molecule has 0 spiro atoms. The van der Waals surface area contributed by atoms with Crippen LogP contribution < -0.4 is 9.47 Å². The van der Waals surface area contributed by atoms with Gasteiger partial charge in [-0.1, -0.05) is 6.07 Å². The number of methoxy groups -OCH3 is 1. The van der Waals surface area contributed by atoms with E-state index in [1.54, 1.807) is 32.9 Å². The second-order valence-electron chi connectivity index (χ2n) is 4.45. The number of benzene rings is 1. The number of phenols is 1. The second-order valence-corrected chi connectivity index (χ2v) is 4.45. The Hall–Kier alpha value is -1.71. The second kappa shape index (κ2) is 4.43. The van der Waals surface area contributed by atoms with Crippen molar-refractivity contribution in [2.45, 2.75) is 20.8 Å². The van der Waals surface area contributed by atoms with Crippen molar-refractivity contribution in [2.24, 2.45) is 5.41 Å². The fourth-order valence-electron chi connectivity index (χ4n) is 1.04. The number of carbonyl (C=O) groups excluding carboxylic acids is 1. The van der Waals surface area contributed by atoms with Gasteiger partial charge in [0, 0.05) is 0 Å². The number of aromatic hydroxyl groups is 1. The van der Waals surface area contributed by atoms with Gasteiger partial charge in [0.25, 0.3) is 0 Å². The van der Waals surface area contributed by atoms with Crippen LogP contribution in [0.5, 0.6) is 17.2 Å². The van der Waals surface area contributed by atoms with E-state index < -0.39 is 5.41 Å². The Labute approximate surface area is 94.8 Å². The lowest BCUT2D eigenvalue weighted by Crippen LogP contribution is -2.25. The lowest BCUT2D eigenvalue weighted by molar-refractivity contribution is -0.143. The highest BCUT2D eigenvalue weighted by Crippen LogP contribution is 2.36. The highest BCUT2D eigenvalue weighted by atomic mass is 16.6. The van der Waals surface area contributed by atoms with Gasteiger partial charge in [-0.15, -0.1) is 0 Å². The maximum atomic E-state index is 11.7. The van der Waals surface area contributed by atoms with E-state index in [-0.39, 0.29) is 23.2 Å². The zero-order valence-electron chi connectivity index (χ0n) is 9.90. The summed E-state index contributed by atoms with van der Waals surface area (Å²) < 4.78 is 10.1. The quantitative estimate of drug-likeness (QED) is 0.619. The average Bonchev–Trinajstić information content (AvgIpc) is 2.16. The first-order valence-corrected chi connectivity index (χ1v) is 4.94. The van der Waals surface area contributed by atoms with Crippen LogP contribution >= 0.6 is 0 Å². The summed E-state index contributed by atoms with van der Waals surface area (Å²) in [4.78, 5) is 11.7. The van der Waals surface area contributed by atoms with Crippen LogP contribution in [0.1, 0.15) is 20.8 Å². The Kier molecular flexibility index (Phi) is 3.42. The van der Waals surface area contributed by atoms with Crippen LogP contribution in [0.2, 0.25) is 0 Å². The zero-order valence-corrected chi connectivity index (χ0v) is 9.90. The minimum atomic E-state index is -0.601. The first kappa shape index (κ1) is 12.4. The van der Waals surface area contributed by atoms with E-state index in [1.165, 1.54) is 13.2 Å². The van der Waals surface area contributed by atoms with Crippen molar-refractivity contribution < 1.29 is 19.4 Å². The summed E-state index contributed by atoms with van der Waals surface area (Å²) in [5.74, 6) is -0.0411. The van der Waals surface area contributed by atoms with Crippen molar-refractivity contribution >= 4 is 5.97 Å². The van der Waals surface area contributed by atoms with Crippen LogP contribution in [0.4, 0.5) is 0 Å². The molecule has 0 saturated heterocycles. The molecule has 0 aromatic heterocycles. The number of phenolic OH excluding ortho intramolecular Hbond substituents is 1. The van der Waals surface area contributed by atoms with Crippen molar-refractivity contribution in [3.8, 4) is 17.2 Å². The Morgan fingerprint density at radius 1 is 1.31 bits per heavy atom. The molecular weight excluding hydrogens is 208 g/mol. The smallest absolute Gasteiger partial charge is 0.316 e. The molecule has 0 radical (unpaired) electrons. The molecule has 0 amide bonds. The predicted octanol–water partition coefficient (Wildman–Crippen LogP) is 2.35. The van der Waals surface area contributed by atoms with E-state index in [1.807, 2.05) is 0 Å². The van der Waals surface area contributed by atoms with Crippen molar-refractivity contribution in [1.29, 1.82) is 0 Å². The summed E-state index contributed by atoms with van der Waals surface area (Å²) in [5, 5.41) is 9.49. The topological polar surface area (TPSA) is 55.8 Å². The summed E-state index contributed by atoms with van der Waals surface area (Å²) >= 11 is 0. The third-order valence-electron chi connectivity index (χ3n) is 1.98. The van der Waals surface area contributed by atoms with E-state index in [9.17, 15) is 9.90 Å². The molecule has 0 bridgehead atoms. The van der Waals surface area contributed by atoms with Gasteiger partial charge in [-0.05, 0) is 32.9 Å². The third-order valence-corrected chi connectivity index (χ3v) is 1.98. The Balaban J connectivity index is 2.98. The maximum absolute atomic E-state index is 11.7. The SMILES string of the molecule is COc1c(O)cccc1OC(=O)C(C)(C)C. The van der Waals surface area contributed by atoms with Crippen molar-refractivity contribution in [3.05, 3.63) is 18.2 Å². The largest absolute Gasteiger partial charge is 0.504 e. The maximum Gasteiger partial charge on any atom is 0.316 e. The zero-order chi connectivity index (χ0) is 12.3. The van der Waals surface area contributed by atoms with Gasteiger partial charge >= 0.3 is 5.97 Å². The first-order valence-electron chi connectivity index (χ1n) is 4.94. The fourth-order valence-corrected chi connectivity index (χ4v) is 1.04. The van der Waals surface area contributed by atoms with Gasteiger partial charge in [0.15, 0.2) is 11.5 Å². The molecule has 0 saturated carbocycles. The van der Waals surface area contributed by atoms with E-state index in [4.69, 9.17) is 9.47 Å². The minimum Gasteiger partial charge on any atom is -0.504 e. The molecule has 1 aromatic rings. The molecule has 4 nitrogen and oxygen atoms in total. The number of hydrogen-bond donors (Lipinski definition) is 1. The Morgan fingerprint density at radius 2 is 1.94 bits per heavy atom. The molecule has 4 heteroatoms. The molecule has 1 N–H and O–H groups in total. The Morgan fingerprint density at radius 3 is 2.44 bits per heavy atom. The van der Waals surface area contributed by atoms with Gasteiger partial charge in [0.1, 0.15) is 0 Å². The molecule has 0 fully saturated rings. The highest BCUT2D eigenvalue weighted by molar-refractivity contribution is 5.78.